The fourth-order valence-electron chi connectivity index (χ4n) is 3.07. The Kier molecular flexibility index (Phi) is 4.20. The molecule has 1 aromatic heterocycles. The van der Waals surface area contributed by atoms with E-state index < -0.39 is 0 Å². The van der Waals surface area contributed by atoms with Crippen molar-refractivity contribution in [3.05, 3.63) is 29.0 Å². The number of likely N-dealkylation sites (tertiary alicyclic amines) is 1. The van der Waals surface area contributed by atoms with Crippen molar-refractivity contribution in [2.24, 2.45) is 5.92 Å². The standard InChI is InChI=1S/C15H19Cl2N3/c1-2-19-6-5-11(9-19)10-20-14-4-3-12(17)7-13(14)18-15(20)8-16/h3-4,7,11H,2,5-6,8-10H2,1H3. The molecule has 3 rings (SSSR count). The summed E-state index contributed by atoms with van der Waals surface area (Å²) < 4.78 is 2.27. The normalized spacial score (nSPS) is 20.1. The summed E-state index contributed by atoms with van der Waals surface area (Å²) in [6.07, 6.45) is 1.25. The molecule has 3 nitrogen and oxygen atoms in total. The molecule has 1 saturated heterocycles. The maximum atomic E-state index is 6.06. The first-order valence-electron chi connectivity index (χ1n) is 7.14. The predicted octanol–water partition coefficient (Wildman–Crippen LogP) is 3.77. The molecule has 2 heterocycles. The van der Waals surface area contributed by atoms with E-state index >= 15 is 0 Å². The summed E-state index contributed by atoms with van der Waals surface area (Å²) in [6, 6.07) is 5.89. The third-order valence-electron chi connectivity index (χ3n) is 4.17. The van der Waals surface area contributed by atoms with Crippen LogP contribution in [-0.2, 0) is 12.4 Å². The van der Waals surface area contributed by atoms with E-state index in [1.165, 1.54) is 19.5 Å². The van der Waals surface area contributed by atoms with Crippen LogP contribution in [0.15, 0.2) is 18.2 Å². The average molecular weight is 312 g/mol. The summed E-state index contributed by atoms with van der Waals surface area (Å²) in [4.78, 5) is 7.11. The van der Waals surface area contributed by atoms with Gasteiger partial charge in [0.05, 0.1) is 16.9 Å². The van der Waals surface area contributed by atoms with E-state index in [2.05, 4.69) is 21.4 Å². The van der Waals surface area contributed by atoms with Crippen LogP contribution in [0.25, 0.3) is 11.0 Å². The molecule has 108 valence electrons. The van der Waals surface area contributed by atoms with E-state index in [1.807, 2.05) is 18.2 Å². The van der Waals surface area contributed by atoms with Crippen LogP contribution in [0, 0.1) is 5.92 Å². The lowest BCUT2D eigenvalue weighted by molar-refractivity contribution is 0.333. The van der Waals surface area contributed by atoms with Gasteiger partial charge in [-0.05, 0) is 43.6 Å². The van der Waals surface area contributed by atoms with Crippen molar-refractivity contribution in [1.29, 1.82) is 0 Å². The third-order valence-corrected chi connectivity index (χ3v) is 4.64. The first-order chi connectivity index (χ1) is 9.71. The quantitative estimate of drug-likeness (QED) is 0.801. The van der Waals surface area contributed by atoms with Gasteiger partial charge in [0, 0.05) is 18.1 Å². The van der Waals surface area contributed by atoms with Crippen molar-refractivity contribution in [1.82, 2.24) is 14.5 Å². The molecule has 1 aliphatic rings. The van der Waals surface area contributed by atoms with Crippen LogP contribution in [0.2, 0.25) is 5.02 Å². The number of fused-ring (bicyclic) bond motifs is 1. The van der Waals surface area contributed by atoms with Gasteiger partial charge in [-0.2, -0.15) is 0 Å². The molecule has 0 N–H and O–H groups in total. The Morgan fingerprint density at radius 3 is 2.95 bits per heavy atom. The molecule has 20 heavy (non-hydrogen) atoms. The second-order valence-electron chi connectivity index (χ2n) is 5.45. The van der Waals surface area contributed by atoms with Crippen LogP contribution >= 0.6 is 23.2 Å². The Balaban J connectivity index is 1.90. The van der Waals surface area contributed by atoms with Gasteiger partial charge in [-0.1, -0.05) is 18.5 Å². The van der Waals surface area contributed by atoms with Crippen molar-refractivity contribution < 1.29 is 0 Å². The van der Waals surface area contributed by atoms with Crippen LogP contribution in [-0.4, -0.2) is 34.1 Å². The lowest BCUT2D eigenvalue weighted by Gasteiger charge is -2.15. The third kappa shape index (κ3) is 2.67. The average Bonchev–Trinajstić information content (AvgIpc) is 3.03. The van der Waals surface area contributed by atoms with Gasteiger partial charge in [-0.15, -0.1) is 11.6 Å². The Bertz CT molecular complexity index is 608. The Morgan fingerprint density at radius 1 is 1.40 bits per heavy atom. The monoisotopic (exact) mass is 311 g/mol. The number of benzene rings is 1. The van der Waals surface area contributed by atoms with Crippen LogP contribution in [0.5, 0.6) is 0 Å². The summed E-state index contributed by atoms with van der Waals surface area (Å²) >= 11 is 12.1. The molecule has 0 spiro atoms. The second kappa shape index (κ2) is 5.92. The van der Waals surface area contributed by atoms with Gasteiger partial charge in [0.2, 0.25) is 0 Å². The molecule has 1 aliphatic heterocycles. The lowest BCUT2D eigenvalue weighted by Crippen LogP contribution is -2.21. The molecule has 0 radical (unpaired) electrons. The summed E-state index contributed by atoms with van der Waals surface area (Å²) in [6.45, 7) is 6.73. The SMILES string of the molecule is CCN1CCC(Cn2c(CCl)nc3cc(Cl)ccc32)C1. The van der Waals surface area contributed by atoms with E-state index in [4.69, 9.17) is 23.2 Å². The highest BCUT2D eigenvalue weighted by molar-refractivity contribution is 6.31. The Morgan fingerprint density at radius 2 is 2.25 bits per heavy atom. The topological polar surface area (TPSA) is 21.1 Å². The minimum atomic E-state index is 0.441. The van der Waals surface area contributed by atoms with Crippen molar-refractivity contribution in [2.75, 3.05) is 19.6 Å². The lowest BCUT2D eigenvalue weighted by atomic mass is 10.1. The van der Waals surface area contributed by atoms with Crippen molar-refractivity contribution >= 4 is 34.2 Å². The van der Waals surface area contributed by atoms with Gasteiger partial charge in [0.1, 0.15) is 5.82 Å². The van der Waals surface area contributed by atoms with Crippen molar-refractivity contribution in [3.8, 4) is 0 Å². The maximum Gasteiger partial charge on any atom is 0.124 e. The van der Waals surface area contributed by atoms with Crippen LogP contribution in [0.4, 0.5) is 0 Å². The number of alkyl halides is 1. The molecular formula is C15H19Cl2N3. The predicted molar refractivity (Wildman–Crippen MR) is 84.5 cm³/mol. The zero-order valence-electron chi connectivity index (χ0n) is 11.6. The van der Waals surface area contributed by atoms with Gasteiger partial charge in [-0.3, -0.25) is 0 Å². The molecule has 2 aromatic rings. The molecule has 1 unspecified atom stereocenters. The molecule has 0 amide bonds. The number of aromatic nitrogens is 2. The highest BCUT2D eigenvalue weighted by Crippen LogP contribution is 2.25. The van der Waals surface area contributed by atoms with E-state index in [0.717, 1.165) is 35.0 Å². The first-order valence-corrected chi connectivity index (χ1v) is 8.05. The van der Waals surface area contributed by atoms with Gasteiger partial charge in [-0.25, -0.2) is 4.98 Å². The van der Waals surface area contributed by atoms with Crippen LogP contribution < -0.4 is 0 Å². The molecule has 0 bridgehead atoms. The minimum Gasteiger partial charge on any atom is -0.327 e. The fourth-order valence-corrected chi connectivity index (χ4v) is 3.44. The first kappa shape index (κ1) is 14.2. The number of hydrogen-bond acceptors (Lipinski definition) is 2. The highest BCUT2D eigenvalue weighted by atomic mass is 35.5. The van der Waals surface area contributed by atoms with E-state index in [0.29, 0.717) is 11.8 Å². The summed E-state index contributed by atoms with van der Waals surface area (Å²) in [7, 11) is 0. The number of nitrogens with zero attached hydrogens (tertiary/aromatic N) is 3. The molecule has 0 saturated carbocycles. The van der Waals surface area contributed by atoms with Crippen LogP contribution in [0.1, 0.15) is 19.2 Å². The van der Waals surface area contributed by atoms with Crippen LogP contribution in [0.3, 0.4) is 0 Å². The molecule has 5 heteroatoms. The van der Waals surface area contributed by atoms with Gasteiger partial charge >= 0.3 is 0 Å². The van der Waals surface area contributed by atoms with E-state index in [9.17, 15) is 0 Å². The fraction of sp³-hybridized carbons (Fsp3) is 0.533. The molecular weight excluding hydrogens is 293 g/mol. The molecule has 1 atom stereocenters. The number of hydrogen-bond donors (Lipinski definition) is 0. The summed E-state index contributed by atoms with van der Waals surface area (Å²) in [5.41, 5.74) is 2.08. The largest absolute Gasteiger partial charge is 0.327 e. The second-order valence-corrected chi connectivity index (χ2v) is 6.16. The van der Waals surface area contributed by atoms with E-state index in [-0.39, 0.29) is 0 Å². The van der Waals surface area contributed by atoms with Crippen molar-refractivity contribution in [2.45, 2.75) is 25.8 Å². The van der Waals surface area contributed by atoms with Crippen molar-refractivity contribution in [3.63, 3.8) is 0 Å². The number of rotatable bonds is 4. The summed E-state index contributed by atoms with van der Waals surface area (Å²) in [5, 5.41) is 0.723. The molecule has 1 aromatic carbocycles. The van der Waals surface area contributed by atoms with E-state index in [1.54, 1.807) is 0 Å². The minimum absolute atomic E-state index is 0.441. The molecule has 1 fully saturated rings. The summed E-state index contributed by atoms with van der Waals surface area (Å²) in [5.74, 6) is 2.07. The molecule has 0 aliphatic carbocycles. The Labute approximate surface area is 129 Å². The zero-order chi connectivity index (χ0) is 14.1. The number of halogens is 2. The highest BCUT2D eigenvalue weighted by Gasteiger charge is 2.23. The van der Waals surface area contributed by atoms with Gasteiger partial charge in [0.25, 0.3) is 0 Å². The number of imidazole rings is 1. The van der Waals surface area contributed by atoms with Gasteiger partial charge in [0.15, 0.2) is 0 Å². The smallest absolute Gasteiger partial charge is 0.124 e. The van der Waals surface area contributed by atoms with Gasteiger partial charge < -0.3 is 9.47 Å². The maximum absolute atomic E-state index is 6.06. The zero-order valence-corrected chi connectivity index (χ0v) is 13.2. The Hall–Kier alpha value is -0.770.